The average Bonchev–Trinajstić information content (AvgIpc) is 1.57. The van der Waals surface area contributed by atoms with Crippen LogP contribution in [-0.4, -0.2) is 184 Å². The zero-order valence-electron chi connectivity index (χ0n) is 86.8. The Morgan fingerprint density at radius 2 is 0.389 bits per heavy atom. The summed E-state index contributed by atoms with van der Waals surface area (Å²) in [6.45, 7) is 48.0. The summed E-state index contributed by atoms with van der Waals surface area (Å²) in [5.41, 5.74) is 4.11. The predicted molar refractivity (Wildman–Crippen MR) is 577 cm³/mol. The summed E-state index contributed by atoms with van der Waals surface area (Å²) in [7, 11) is 4.47. The lowest BCUT2D eigenvalue weighted by Gasteiger charge is -2.32. The molecular weight excluding hydrogens is 1950 g/mol. The predicted octanol–water partition coefficient (Wildman–Crippen LogP) is 16.9. The normalized spacial score (nSPS) is 21.1. The minimum Gasteiger partial charge on any atom is -0.496 e. The molecule has 0 atom stereocenters. The van der Waals surface area contributed by atoms with Crippen LogP contribution in [-0.2, 0) is 55.9 Å². The highest BCUT2D eigenvalue weighted by atomic mass is 35.5. The fourth-order valence-electron chi connectivity index (χ4n) is 19.2. The number of methoxy groups -OCH3 is 6. The molecule has 6 aromatic carbocycles. The minimum absolute atomic E-state index is 0.236. The van der Waals surface area contributed by atoms with Gasteiger partial charge in [0.25, 0.3) is 0 Å². The third-order valence-electron chi connectivity index (χ3n) is 31.6. The number of aliphatic imine (C=N–C) groups is 2. The average molecular weight is 2070 g/mol. The van der Waals surface area contributed by atoms with Crippen molar-refractivity contribution in [2.75, 3.05) is 42.7 Å². The number of aromatic nitrogens is 4. The van der Waals surface area contributed by atoms with Crippen molar-refractivity contribution < 1.29 is 84.3 Å². The molecule has 0 amide bonds. The van der Waals surface area contributed by atoms with Gasteiger partial charge in [-0.2, -0.15) is 0 Å². The molecule has 0 radical (unpaired) electrons. The number of benzene rings is 6. The van der Waals surface area contributed by atoms with Gasteiger partial charge >= 0.3 is 42.7 Å². The lowest BCUT2D eigenvalue weighted by atomic mass is 9.77. The van der Waals surface area contributed by atoms with E-state index >= 15 is 0 Å². The molecule has 24 nitrogen and oxygen atoms in total. The summed E-state index contributed by atoms with van der Waals surface area (Å²) >= 11 is 48.0. The van der Waals surface area contributed by atoms with Crippen LogP contribution in [0.1, 0.15) is 222 Å². The molecule has 13 heterocycles. The Morgan fingerprint density at radius 3 is 0.625 bits per heavy atom. The summed E-state index contributed by atoms with van der Waals surface area (Å²) in [6, 6.07) is 38.1. The summed E-state index contributed by atoms with van der Waals surface area (Å²) in [6.07, 6.45) is 7.71. The van der Waals surface area contributed by atoms with Gasteiger partial charge in [-0.3, -0.25) is 0 Å². The molecule has 4 N–H and O–H groups in total. The van der Waals surface area contributed by atoms with E-state index in [-0.39, 0.29) is 30.1 Å². The summed E-state index contributed by atoms with van der Waals surface area (Å²) < 4.78 is 121. The highest BCUT2D eigenvalue weighted by molar-refractivity contribution is 6.66. The van der Waals surface area contributed by atoms with E-state index in [1.54, 1.807) is 42.7 Å². The van der Waals surface area contributed by atoms with Gasteiger partial charge in [0.2, 0.25) is 0 Å². The second-order valence-electron chi connectivity index (χ2n) is 43.8. The van der Waals surface area contributed by atoms with Crippen LogP contribution in [0.4, 0.5) is 0 Å². The van der Waals surface area contributed by atoms with Crippen LogP contribution in [0.3, 0.4) is 0 Å². The molecule has 0 unspecified atom stereocenters. The maximum Gasteiger partial charge on any atom is 0.495 e. The molecule has 9 aliphatic heterocycles. The Morgan fingerprint density at radius 1 is 0.215 bits per heavy atom. The first-order valence-corrected chi connectivity index (χ1v) is 50.4. The Hall–Kier alpha value is -9.33. The fraction of sp³-hybridized carbons (Fsp3) is 0.389. The molecule has 144 heavy (non-hydrogen) atoms. The number of aromatic amines is 4. The fourth-order valence-corrected chi connectivity index (χ4v) is 21.3. The first-order chi connectivity index (χ1) is 67.4. The Bertz CT molecular complexity index is 7260. The van der Waals surface area contributed by atoms with Crippen molar-refractivity contribution in [3.8, 4) is 34.5 Å². The first kappa shape index (κ1) is 103. The van der Waals surface area contributed by atoms with Gasteiger partial charge in [0.15, 0.2) is 0 Å². The molecule has 6 saturated heterocycles. The molecule has 36 heteroatoms. The molecule has 0 saturated carbocycles. The van der Waals surface area contributed by atoms with Gasteiger partial charge in [0.1, 0.15) is 34.5 Å². The van der Waals surface area contributed by atoms with Crippen LogP contribution in [0.25, 0.3) is 33.4 Å². The van der Waals surface area contributed by atoms with Crippen molar-refractivity contribution >= 4 is 190 Å². The third-order valence-corrected chi connectivity index (χ3v) is 33.4. The standard InChI is InChI=1S/C108H118B6Cl6N6O18/c1-97(2)98(3,4)134-109(133-97)55-43-61(115)85(62(116)44-55)88-67-31-37-73(121-67)91(94-79(127-25)49-58(50-80(94)128-26)112-139-103(13,14)104(15,16)140-112)75-39-33-69(123-75)89(86-63(117)45-56(46-64(86)118)110-135-99(5,6)100(7,8)136-110)71-35-41-77(125-71)93(96-83(131-29)53-60(54-84(96)132-30)114-143-107(21,22)108(23,24)144-114)78-42-36-72(126-78)90(87-65(119)47-57(48-66(87)120)111-137-101(9,10)102(11,12)138-111)70-34-40-76(124-70)92(74-38-32-68(88)122-74)95-81(129-27)51-59(52-82(95)130-28)113-141-105(17,18)106(19,20)142-113/h31-54,121-122,125-126H,1-30H3. The number of rotatable bonds is 18. The molecule has 6 fully saturated rings. The van der Waals surface area contributed by atoms with Crippen molar-refractivity contribution in [3.05, 3.63) is 265 Å². The quantitative estimate of drug-likeness (QED) is 0.0582. The van der Waals surface area contributed by atoms with Crippen molar-refractivity contribution in [3.63, 3.8) is 0 Å². The molecule has 9 aliphatic rings. The number of allylic oxidation sites excluding steroid dienone is 4. The molecule has 0 aliphatic carbocycles. The maximum absolute atomic E-state index is 8.01. The number of halogens is 6. The van der Waals surface area contributed by atoms with E-state index in [2.05, 4.69) is 19.9 Å². The lowest BCUT2D eigenvalue weighted by molar-refractivity contribution is 0.00578. The zero-order chi connectivity index (χ0) is 104. The van der Waals surface area contributed by atoms with Crippen LogP contribution < -0.4 is 82.6 Å². The molecule has 748 valence electrons. The molecule has 4 aromatic heterocycles. The zero-order valence-corrected chi connectivity index (χ0v) is 91.4. The Balaban J connectivity index is 0.963. The van der Waals surface area contributed by atoms with E-state index in [0.717, 1.165) is 0 Å². The highest BCUT2D eigenvalue weighted by Crippen LogP contribution is 2.51. The SMILES string of the molecule is COc1cc(B2OC(C)(C)C(C)(C)O2)cc(OC)c1C1=C2C=CC(=N2)C(c2c(Cl)cc(B3OC(C)(C)C(C)(C)O3)cc2Cl)=c2ccc([nH]2)=C(c2c(OC)cc(B3OC(C)(C)C(C)(C)O3)cc2OC)c2ccc([nH]2)C(c2c(Cl)cc(B3OC(C)(C)C(C)(C)O3)cc2Cl)=C2C=CC(=N2)C(c2c(OC)cc(B3OC(C)(C)C(C)(C)O3)cc2OC)=c2ccc([nH]2)=C(c2c(Cl)cc(B3OC(C)(C)C(C)(C)O3)cc2Cl)c2ccc1[nH]2. The van der Waals surface area contributed by atoms with Crippen molar-refractivity contribution in [1.82, 2.24) is 19.9 Å². The first-order valence-electron chi connectivity index (χ1n) is 48.1. The Labute approximate surface area is 873 Å². The molecule has 12 bridgehead atoms. The van der Waals surface area contributed by atoms with Gasteiger partial charge in [0.05, 0.1) is 149 Å². The summed E-state index contributed by atoms with van der Waals surface area (Å²) in [4.78, 5) is 27.5. The van der Waals surface area contributed by atoms with Crippen molar-refractivity contribution in [2.45, 2.75) is 233 Å². The number of H-pyrrole nitrogens is 4. The third kappa shape index (κ3) is 17.5. The molecule has 0 spiro atoms. The van der Waals surface area contributed by atoms with Crippen LogP contribution in [0.2, 0.25) is 30.1 Å². The van der Waals surface area contributed by atoms with Gasteiger partial charge < -0.3 is 104 Å². The summed E-state index contributed by atoms with van der Waals surface area (Å²) in [5.74, 6) is 2.23. The van der Waals surface area contributed by atoms with E-state index < -0.39 is 110 Å². The van der Waals surface area contributed by atoms with Crippen LogP contribution in [0.15, 0.2) is 167 Å². The van der Waals surface area contributed by atoms with Crippen LogP contribution in [0.5, 0.6) is 34.5 Å². The molecule has 19 rings (SSSR count). The number of nitrogens with one attached hydrogen (secondary N) is 4. The van der Waals surface area contributed by atoms with E-state index in [1.807, 2.05) is 312 Å². The van der Waals surface area contributed by atoms with E-state index in [1.165, 1.54) is 0 Å². The van der Waals surface area contributed by atoms with Crippen LogP contribution >= 0.6 is 69.6 Å². The van der Waals surface area contributed by atoms with E-state index in [9.17, 15) is 0 Å². The van der Waals surface area contributed by atoms with Crippen LogP contribution in [0, 0.1) is 0 Å². The lowest BCUT2D eigenvalue weighted by Crippen LogP contribution is -2.41. The number of nitrogens with zero attached hydrogens (tertiary/aromatic N) is 2. The number of fused-ring (bicyclic) bond motifs is 10. The van der Waals surface area contributed by atoms with Gasteiger partial charge in [-0.25, -0.2) is 9.98 Å². The van der Waals surface area contributed by atoms with Gasteiger partial charge in [-0.15, -0.1) is 0 Å². The number of hydrogen-bond acceptors (Lipinski definition) is 20. The summed E-state index contributed by atoms with van der Waals surface area (Å²) in [5, 5.41) is 3.46. The minimum atomic E-state index is -0.867. The second kappa shape index (κ2) is 36.3. The topological polar surface area (TPSA) is 254 Å². The van der Waals surface area contributed by atoms with Crippen molar-refractivity contribution in [2.24, 2.45) is 9.98 Å². The van der Waals surface area contributed by atoms with Gasteiger partial charge in [-0.05, 0) is 345 Å². The molecular formula is C108H118B6Cl6N6O18. The van der Waals surface area contributed by atoms with E-state index in [0.29, 0.717) is 201 Å². The second-order valence-corrected chi connectivity index (χ2v) is 46.3. The number of ether oxygens (including phenoxy) is 6. The molecule has 10 aromatic rings. The van der Waals surface area contributed by atoms with E-state index in [4.69, 9.17) is 164 Å². The number of hydrogen-bond donors (Lipinski definition) is 4. The largest absolute Gasteiger partial charge is 0.496 e. The maximum atomic E-state index is 8.01. The van der Waals surface area contributed by atoms with Gasteiger partial charge in [0, 0.05) is 124 Å². The monoisotopic (exact) mass is 2060 g/mol. The van der Waals surface area contributed by atoms with Crippen molar-refractivity contribution in [1.29, 1.82) is 0 Å². The Kier molecular flexibility index (Phi) is 26.0. The van der Waals surface area contributed by atoms with Gasteiger partial charge in [-0.1, -0.05) is 69.6 Å². The smallest absolute Gasteiger partial charge is 0.495 e. The highest BCUT2D eigenvalue weighted by Gasteiger charge is 2.59.